The van der Waals surface area contributed by atoms with Gasteiger partial charge in [-0.3, -0.25) is 4.79 Å². The van der Waals surface area contributed by atoms with Crippen LogP contribution in [0.4, 0.5) is 0 Å². The van der Waals surface area contributed by atoms with Gasteiger partial charge in [-0.2, -0.15) is 0 Å². The second-order valence-electron chi connectivity index (χ2n) is 4.93. The first-order chi connectivity index (χ1) is 5.97. The van der Waals surface area contributed by atoms with Crippen molar-refractivity contribution >= 4 is 21.9 Å². The van der Waals surface area contributed by atoms with Crippen LogP contribution in [0.3, 0.4) is 0 Å². The normalized spacial score (nSPS) is 53.2. The van der Waals surface area contributed by atoms with Crippen molar-refractivity contribution in [2.45, 2.75) is 26.7 Å². The number of alkyl halides is 1. The van der Waals surface area contributed by atoms with E-state index in [1.165, 1.54) is 0 Å². The fourth-order valence-electron chi connectivity index (χ4n) is 3.57. The molecule has 2 bridgehead atoms. The van der Waals surface area contributed by atoms with E-state index in [4.69, 9.17) is 5.11 Å². The van der Waals surface area contributed by atoms with Gasteiger partial charge in [0.1, 0.15) is 0 Å². The predicted molar refractivity (Wildman–Crippen MR) is 53.9 cm³/mol. The van der Waals surface area contributed by atoms with Crippen molar-refractivity contribution in [3.05, 3.63) is 0 Å². The summed E-state index contributed by atoms with van der Waals surface area (Å²) in [6.07, 6.45) is 2.17. The largest absolute Gasteiger partial charge is 0.481 e. The number of carbonyl (C=O) groups is 1. The summed E-state index contributed by atoms with van der Waals surface area (Å²) in [5, 5.41) is 10.0. The molecule has 0 spiro atoms. The maximum absolute atomic E-state index is 11.0. The van der Waals surface area contributed by atoms with E-state index in [1.807, 2.05) is 0 Å². The Labute approximate surface area is 86.8 Å². The Morgan fingerprint density at radius 2 is 2.23 bits per heavy atom. The minimum Gasteiger partial charge on any atom is -0.481 e. The van der Waals surface area contributed by atoms with Crippen LogP contribution in [0.5, 0.6) is 0 Å². The minimum atomic E-state index is -0.594. The Kier molecular flexibility index (Phi) is 1.83. The number of aliphatic carboxylic acids is 1. The third kappa shape index (κ3) is 0.821. The van der Waals surface area contributed by atoms with Crippen LogP contribution in [0.1, 0.15) is 26.7 Å². The molecule has 2 nitrogen and oxygen atoms in total. The molecule has 3 heteroatoms. The summed E-state index contributed by atoms with van der Waals surface area (Å²) in [6.45, 7) is 4.36. The second kappa shape index (κ2) is 2.50. The number of fused-ring (bicyclic) bond motifs is 1. The minimum absolute atomic E-state index is 0.0347. The smallest absolute Gasteiger partial charge is 0.307 e. The Bertz CT molecular complexity index is 266. The van der Waals surface area contributed by atoms with Crippen molar-refractivity contribution in [2.75, 3.05) is 5.33 Å². The first kappa shape index (κ1) is 9.50. The van der Waals surface area contributed by atoms with Crippen LogP contribution in [0, 0.1) is 22.7 Å². The van der Waals surface area contributed by atoms with Gasteiger partial charge in [0.05, 0.1) is 5.92 Å². The van der Waals surface area contributed by atoms with E-state index in [-0.39, 0.29) is 16.7 Å². The highest BCUT2D eigenvalue weighted by molar-refractivity contribution is 9.09. The Balaban J connectivity index is 2.32. The zero-order chi connectivity index (χ0) is 9.85. The highest BCUT2D eigenvalue weighted by atomic mass is 79.9. The molecule has 0 heterocycles. The molecular formula is C10H15BrO2. The second-order valence-corrected chi connectivity index (χ2v) is 5.49. The molecule has 0 radical (unpaired) electrons. The molecule has 3 fully saturated rings. The maximum Gasteiger partial charge on any atom is 0.307 e. The lowest BCUT2D eigenvalue weighted by Crippen LogP contribution is -2.60. The average molecular weight is 247 g/mol. The van der Waals surface area contributed by atoms with E-state index in [9.17, 15) is 4.79 Å². The zero-order valence-electron chi connectivity index (χ0n) is 8.01. The molecule has 74 valence electrons. The van der Waals surface area contributed by atoms with Crippen LogP contribution in [-0.2, 0) is 4.79 Å². The van der Waals surface area contributed by atoms with Gasteiger partial charge in [0.15, 0.2) is 0 Å². The number of rotatable bonds is 2. The lowest BCUT2D eigenvalue weighted by atomic mass is 9.45. The summed E-state index contributed by atoms with van der Waals surface area (Å²) in [7, 11) is 0. The molecule has 0 aromatic rings. The first-order valence-electron chi connectivity index (χ1n) is 4.76. The molecule has 0 saturated heterocycles. The number of hydrogen-bond donors (Lipinski definition) is 1. The SMILES string of the molecule is C[C@]12CC[C@H]([C@H]1C(=O)O)[C@@]2(C)CBr. The number of hydrogen-bond acceptors (Lipinski definition) is 1. The highest BCUT2D eigenvalue weighted by Gasteiger charge is 2.72. The van der Waals surface area contributed by atoms with Gasteiger partial charge in [0.25, 0.3) is 0 Å². The topological polar surface area (TPSA) is 37.3 Å². The van der Waals surface area contributed by atoms with Crippen molar-refractivity contribution in [3.63, 3.8) is 0 Å². The molecule has 13 heavy (non-hydrogen) atoms. The number of carboxylic acids is 1. The van der Waals surface area contributed by atoms with Crippen molar-refractivity contribution in [1.29, 1.82) is 0 Å². The molecule has 0 unspecified atom stereocenters. The molecular weight excluding hydrogens is 232 g/mol. The standard InChI is InChI=1S/C10H15BrO2/c1-9-4-3-6(7(9)8(12)13)10(9,2)5-11/h6-7H,3-5H2,1-2H3,(H,12,13)/t6-,7+,9+,10-/m1/s1. The number of carboxylic acid groups (broad SMARTS) is 1. The monoisotopic (exact) mass is 246 g/mol. The summed E-state index contributed by atoms with van der Waals surface area (Å²) in [4.78, 5) is 11.0. The predicted octanol–water partition coefficient (Wildman–Crippen LogP) is 2.52. The Morgan fingerprint density at radius 1 is 1.62 bits per heavy atom. The fraction of sp³-hybridized carbons (Fsp3) is 0.900. The Morgan fingerprint density at radius 3 is 2.54 bits per heavy atom. The lowest BCUT2D eigenvalue weighted by molar-refractivity contribution is -0.176. The molecule has 0 aromatic carbocycles. The molecule has 0 aliphatic heterocycles. The lowest BCUT2D eigenvalue weighted by Gasteiger charge is -2.59. The van der Waals surface area contributed by atoms with Crippen LogP contribution in [0.15, 0.2) is 0 Å². The van der Waals surface area contributed by atoms with E-state index < -0.39 is 5.97 Å². The van der Waals surface area contributed by atoms with Crippen LogP contribution in [0.25, 0.3) is 0 Å². The number of halogens is 1. The quantitative estimate of drug-likeness (QED) is 0.761. The fourth-order valence-corrected chi connectivity index (χ4v) is 4.63. The molecule has 0 amide bonds. The van der Waals surface area contributed by atoms with E-state index in [0.717, 1.165) is 18.2 Å². The van der Waals surface area contributed by atoms with Crippen LogP contribution in [-0.4, -0.2) is 16.4 Å². The van der Waals surface area contributed by atoms with E-state index >= 15 is 0 Å². The summed E-state index contributed by atoms with van der Waals surface area (Å²) in [5.41, 5.74) is 0.253. The molecule has 3 saturated carbocycles. The average Bonchev–Trinajstić information content (AvgIpc) is 2.54. The molecule has 3 rings (SSSR count). The zero-order valence-corrected chi connectivity index (χ0v) is 9.60. The summed E-state index contributed by atoms with van der Waals surface area (Å²) in [5.74, 6) is -0.284. The van der Waals surface area contributed by atoms with Gasteiger partial charge < -0.3 is 5.11 Å². The van der Waals surface area contributed by atoms with Crippen LogP contribution in [0.2, 0.25) is 0 Å². The summed E-state index contributed by atoms with van der Waals surface area (Å²) in [6, 6.07) is 0. The first-order valence-corrected chi connectivity index (χ1v) is 5.88. The van der Waals surface area contributed by atoms with Gasteiger partial charge in [0.2, 0.25) is 0 Å². The van der Waals surface area contributed by atoms with Crippen molar-refractivity contribution in [3.8, 4) is 0 Å². The van der Waals surface area contributed by atoms with Crippen molar-refractivity contribution in [1.82, 2.24) is 0 Å². The van der Waals surface area contributed by atoms with E-state index in [0.29, 0.717) is 5.92 Å². The van der Waals surface area contributed by atoms with Gasteiger partial charge in [-0.15, -0.1) is 0 Å². The van der Waals surface area contributed by atoms with Gasteiger partial charge in [-0.25, -0.2) is 0 Å². The van der Waals surface area contributed by atoms with Gasteiger partial charge in [-0.1, -0.05) is 29.8 Å². The van der Waals surface area contributed by atoms with Crippen LogP contribution >= 0.6 is 15.9 Å². The highest BCUT2D eigenvalue weighted by Crippen LogP contribution is 2.74. The molecule has 3 aliphatic rings. The van der Waals surface area contributed by atoms with E-state index in [2.05, 4.69) is 29.8 Å². The van der Waals surface area contributed by atoms with Gasteiger partial charge in [-0.05, 0) is 29.6 Å². The van der Waals surface area contributed by atoms with Crippen molar-refractivity contribution in [2.24, 2.45) is 22.7 Å². The molecule has 3 aliphatic carbocycles. The van der Waals surface area contributed by atoms with Gasteiger partial charge in [0, 0.05) is 5.33 Å². The Hall–Kier alpha value is -0.0500. The summed E-state index contributed by atoms with van der Waals surface area (Å²) >= 11 is 3.52. The van der Waals surface area contributed by atoms with Crippen molar-refractivity contribution < 1.29 is 9.90 Å². The van der Waals surface area contributed by atoms with E-state index in [1.54, 1.807) is 0 Å². The van der Waals surface area contributed by atoms with Gasteiger partial charge >= 0.3 is 5.97 Å². The third-order valence-corrected chi connectivity index (χ3v) is 5.90. The molecule has 0 aromatic heterocycles. The van der Waals surface area contributed by atoms with Crippen LogP contribution < -0.4 is 0 Å². The summed E-state index contributed by atoms with van der Waals surface area (Å²) < 4.78 is 0. The molecule has 4 atom stereocenters. The third-order valence-electron chi connectivity index (χ3n) is 4.73. The molecule has 1 N–H and O–H groups in total. The maximum atomic E-state index is 11.0.